The van der Waals surface area contributed by atoms with Crippen LogP contribution in [0.3, 0.4) is 0 Å². The second kappa shape index (κ2) is 6.88. The van der Waals surface area contributed by atoms with Gasteiger partial charge in [-0.15, -0.1) is 0 Å². The van der Waals surface area contributed by atoms with E-state index in [1.165, 1.54) is 58.2 Å². The van der Waals surface area contributed by atoms with Crippen LogP contribution in [0.5, 0.6) is 0 Å². The summed E-state index contributed by atoms with van der Waals surface area (Å²) >= 11 is 0. The summed E-state index contributed by atoms with van der Waals surface area (Å²) in [7, 11) is 0. The van der Waals surface area contributed by atoms with E-state index < -0.39 is 0 Å². The number of likely N-dealkylation sites (tertiary alicyclic amines) is 1. The van der Waals surface area contributed by atoms with Crippen molar-refractivity contribution >= 4 is 0 Å². The number of nitrogens with zero attached hydrogens (tertiary/aromatic N) is 1. The van der Waals surface area contributed by atoms with Gasteiger partial charge in [0.25, 0.3) is 0 Å². The van der Waals surface area contributed by atoms with Crippen molar-refractivity contribution in [2.45, 2.75) is 64.0 Å². The SMILES string of the molecule is CCCN1CCCC(NCC2(C)CCCO2)CC1. The van der Waals surface area contributed by atoms with E-state index in [0.717, 1.165) is 13.2 Å². The first-order chi connectivity index (χ1) is 8.72. The molecule has 0 saturated carbocycles. The molecule has 0 bridgehead atoms. The van der Waals surface area contributed by atoms with Gasteiger partial charge in [-0.1, -0.05) is 6.92 Å². The maximum absolute atomic E-state index is 5.85. The fourth-order valence-electron chi connectivity index (χ4n) is 3.24. The summed E-state index contributed by atoms with van der Waals surface area (Å²) in [5, 5.41) is 3.76. The van der Waals surface area contributed by atoms with Crippen molar-refractivity contribution in [2.75, 3.05) is 32.8 Å². The summed E-state index contributed by atoms with van der Waals surface area (Å²) in [6, 6.07) is 0.702. The van der Waals surface area contributed by atoms with Gasteiger partial charge in [0.05, 0.1) is 5.60 Å². The van der Waals surface area contributed by atoms with Crippen molar-refractivity contribution in [2.24, 2.45) is 0 Å². The van der Waals surface area contributed by atoms with Gasteiger partial charge in [-0.2, -0.15) is 0 Å². The Bertz CT molecular complexity index is 239. The minimum atomic E-state index is 0.107. The number of hydrogen-bond donors (Lipinski definition) is 1. The molecule has 2 aliphatic rings. The Morgan fingerprint density at radius 3 is 2.89 bits per heavy atom. The van der Waals surface area contributed by atoms with Crippen LogP contribution in [0.15, 0.2) is 0 Å². The molecule has 2 rings (SSSR count). The van der Waals surface area contributed by atoms with Gasteiger partial charge in [0.1, 0.15) is 0 Å². The van der Waals surface area contributed by atoms with Gasteiger partial charge in [-0.3, -0.25) is 0 Å². The van der Waals surface area contributed by atoms with E-state index >= 15 is 0 Å². The molecule has 106 valence electrons. The van der Waals surface area contributed by atoms with Crippen LogP contribution in [0.1, 0.15) is 52.4 Å². The van der Waals surface area contributed by atoms with Crippen LogP contribution in [-0.2, 0) is 4.74 Å². The topological polar surface area (TPSA) is 24.5 Å². The van der Waals surface area contributed by atoms with Gasteiger partial charge in [0.2, 0.25) is 0 Å². The Balaban J connectivity index is 1.70. The number of ether oxygens (including phenoxy) is 1. The standard InChI is InChI=1S/C15H30N2O/c1-3-9-17-10-4-6-14(7-11-17)16-13-15(2)8-5-12-18-15/h14,16H,3-13H2,1-2H3. The zero-order valence-corrected chi connectivity index (χ0v) is 12.2. The summed E-state index contributed by atoms with van der Waals surface area (Å²) < 4.78 is 5.85. The van der Waals surface area contributed by atoms with E-state index in [2.05, 4.69) is 24.1 Å². The highest BCUT2D eigenvalue weighted by molar-refractivity contribution is 4.85. The van der Waals surface area contributed by atoms with Gasteiger partial charge in [0.15, 0.2) is 0 Å². The lowest BCUT2D eigenvalue weighted by Crippen LogP contribution is -2.42. The highest BCUT2D eigenvalue weighted by atomic mass is 16.5. The maximum atomic E-state index is 5.85. The van der Waals surface area contributed by atoms with Crippen molar-refractivity contribution in [1.82, 2.24) is 10.2 Å². The second-order valence-corrected chi connectivity index (χ2v) is 6.25. The molecule has 0 aromatic carbocycles. The van der Waals surface area contributed by atoms with Crippen LogP contribution >= 0.6 is 0 Å². The molecular formula is C15H30N2O. The Hall–Kier alpha value is -0.120. The fourth-order valence-corrected chi connectivity index (χ4v) is 3.24. The Morgan fingerprint density at radius 1 is 1.28 bits per heavy atom. The average Bonchev–Trinajstić information content (AvgIpc) is 2.66. The van der Waals surface area contributed by atoms with E-state index in [0.29, 0.717) is 6.04 Å². The van der Waals surface area contributed by atoms with Crippen molar-refractivity contribution in [1.29, 1.82) is 0 Å². The molecule has 2 unspecified atom stereocenters. The van der Waals surface area contributed by atoms with E-state index in [-0.39, 0.29) is 5.60 Å². The molecule has 2 aliphatic heterocycles. The molecule has 0 amide bonds. The summed E-state index contributed by atoms with van der Waals surface area (Å²) in [6.07, 6.45) is 7.70. The molecule has 3 heteroatoms. The quantitative estimate of drug-likeness (QED) is 0.815. The number of rotatable bonds is 5. The molecule has 0 aliphatic carbocycles. The molecule has 2 saturated heterocycles. The largest absolute Gasteiger partial charge is 0.374 e. The minimum Gasteiger partial charge on any atom is -0.374 e. The normalized spacial score (nSPS) is 34.7. The van der Waals surface area contributed by atoms with E-state index in [1.54, 1.807) is 0 Å². The van der Waals surface area contributed by atoms with E-state index in [9.17, 15) is 0 Å². The van der Waals surface area contributed by atoms with Crippen molar-refractivity contribution in [3.05, 3.63) is 0 Å². The molecule has 0 aromatic heterocycles. The third-order valence-corrected chi connectivity index (χ3v) is 4.43. The zero-order chi connectivity index (χ0) is 12.8. The van der Waals surface area contributed by atoms with Crippen LogP contribution in [0.2, 0.25) is 0 Å². The summed E-state index contributed by atoms with van der Waals surface area (Å²) in [5.41, 5.74) is 0.107. The maximum Gasteiger partial charge on any atom is 0.0779 e. The van der Waals surface area contributed by atoms with Gasteiger partial charge in [-0.25, -0.2) is 0 Å². The van der Waals surface area contributed by atoms with Gasteiger partial charge >= 0.3 is 0 Å². The Labute approximate surface area is 112 Å². The Morgan fingerprint density at radius 2 is 2.17 bits per heavy atom. The molecule has 0 radical (unpaired) electrons. The highest BCUT2D eigenvalue weighted by Gasteiger charge is 2.30. The fraction of sp³-hybridized carbons (Fsp3) is 1.00. The number of nitrogens with one attached hydrogen (secondary N) is 1. The van der Waals surface area contributed by atoms with E-state index in [1.807, 2.05) is 0 Å². The molecule has 0 spiro atoms. The number of hydrogen-bond acceptors (Lipinski definition) is 3. The summed E-state index contributed by atoms with van der Waals surface area (Å²) in [4.78, 5) is 2.62. The van der Waals surface area contributed by atoms with Gasteiger partial charge in [-0.05, 0) is 65.1 Å². The minimum absolute atomic E-state index is 0.107. The lowest BCUT2D eigenvalue weighted by atomic mass is 10.0. The summed E-state index contributed by atoms with van der Waals surface area (Å²) in [5.74, 6) is 0. The predicted molar refractivity (Wildman–Crippen MR) is 76.0 cm³/mol. The predicted octanol–water partition coefficient (Wildman–Crippen LogP) is 2.41. The first kappa shape index (κ1) is 14.3. The smallest absolute Gasteiger partial charge is 0.0779 e. The molecule has 3 nitrogen and oxygen atoms in total. The summed E-state index contributed by atoms with van der Waals surface area (Å²) in [6.45, 7) is 10.3. The van der Waals surface area contributed by atoms with Gasteiger partial charge < -0.3 is 15.0 Å². The molecule has 1 N–H and O–H groups in total. The van der Waals surface area contributed by atoms with Crippen LogP contribution in [-0.4, -0.2) is 49.3 Å². The van der Waals surface area contributed by atoms with Crippen molar-refractivity contribution < 1.29 is 4.74 Å². The third kappa shape index (κ3) is 4.22. The lowest BCUT2D eigenvalue weighted by molar-refractivity contribution is 0.0184. The van der Waals surface area contributed by atoms with Crippen LogP contribution in [0, 0.1) is 0 Å². The van der Waals surface area contributed by atoms with Crippen LogP contribution < -0.4 is 5.32 Å². The van der Waals surface area contributed by atoms with Crippen molar-refractivity contribution in [3.63, 3.8) is 0 Å². The van der Waals surface area contributed by atoms with E-state index in [4.69, 9.17) is 4.74 Å². The Kier molecular flexibility index (Phi) is 5.46. The monoisotopic (exact) mass is 254 g/mol. The molecule has 2 atom stereocenters. The second-order valence-electron chi connectivity index (χ2n) is 6.25. The molecule has 0 aromatic rings. The molecule has 2 fully saturated rings. The molecular weight excluding hydrogens is 224 g/mol. The highest BCUT2D eigenvalue weighted by Crippen LogP contribution is 2.24. The zero-order valence-electron chi connectivity index (χ0n) is 12.2. The van der Waals surface area contributed by atoms with Crippen LogP contribution in [0.25, 0.3) is 0 Å². The third-order valence-electron chi connectivity index (χ3n) is 4.43. The lowest BCUT2D eigenvalue weighted by Gasteiger charge is -2.27. The van der Waals surface area contributed by atoms with Gasteiger partial charge in [0, 0.05) is 19.2 Å². The van der Waals surface area contributed by atoms with Crippen LogP contribution in [0.4, 0.5) is 0 Å². The first-order valence-electron chi connectivity index (χ1n) is 7.81. The molecule has 2 heterocycles. The molecule has 18 heavy (non-hydrogen) atoms. The van der Waals surface area contributed by atoms with Crippen molar-refractivity contribution in [3.8, 4) is 0 Å². The first-order valence-corrected chi connectivity index (χ1v) is 7.81. The average molecular weight is 254 g/mol.